The zero-order valence-corrected chi connectivity index (χ0v) is 28.1. The maximum absolute atomic E-state index is 11.7. The summed E-state index contributed by atoms with van der Waals surface area (Å²) >= 11 is 4.62. The number of carbonyl (C=O) groups is 5. The average Bonchev–Trinajstić information content (AvgIpc) is 3.00. The number of pyridine rings is 1. The molecule has 1 heterocycles. The summed E-state index contributed by atoms with van der Waals surface area (Å²) in [5.41, 5.74) is 2.30. The highest BCUT2D eigenvalue weighted by molar-refractivity contribution is 7.78. The summed E-state index contributed by atoms with van der Waals surface area (Å²) in [7, 11) is 0. The van der Waals surface area contributed by atoms with Gasteiger partial charge in [0, 0.05) is 56.9 Å². The second-order valence-electron chi connectivity index (χ2n) is 11.2. The minimum atomic E-state index is -1.81. The van der Waals surface area contributed by atoms with E-state index in [1.54, 1.807) is 36.4 Å². The van der Waals surface area contributed by atoms with Crippen LogP contribution in [0, 0.1) is 11.8 Å². The van der Waals surface area contributed by atoms with Crippen LogP contribution in [0.1, 0.15) is 22.5 Å². The molecule has 0 amide bonds. The van der Waals surface area contributed by atoms with Crippen LogP contribution in [0.4, 0.5) is 5.69 Å². The standard InChI is InChI=1S/C32H38N6O12S/c39-27(40)15-35(7-9-37(17-29(43)44)18-30(45)46)13-25-11-23(2-1-22-3-5-24(6-4-22)33-21-51)12-26(34-25)14-36(16-28(41)42)8-10-38(19-31(47)48)20-32(49)50/h3-6,11-12,27,39-40H,7-10,13-20H2,(H,41,42)(H,43,44)(H,45,46)(H,47,48)(H,49,50). The molecule has 0 aliphatic carbocycles. The van der Waals surface area contributed by atoms with E-state index in [0.717, 1.165) is 9.80 Å². The van der Waals surface area contributed by atoms with E-state index >= 15 is 0 Å². The van der Waals surface area contributed by atoms with Gasteiger partial charge in [0.15, 0.2) is 6.29 Å². The Balaban J connectivity index is 2.48. The fraction of sp³-hybridized carbons (Fsp3) is 0.406. The van der Waals surface area contributed by atoms with Gasteiger partial charge in [0.25, 0.3) is 0 Å². The van der Waals surface area contributed by atoms with Gasteiger partial charge in [-0.25, -0.2) is 0 Å². The minimum Gasteiger partial charge on any atom is -0.480 e. The first-order valence-electron chi connectivity index (χ1n) is 15.2. The van der Waals surface area contributed by atoms with Crippen molar-refractivity contribution in [2.75, 3.05) is 65.4 Å². The van der Waals surface area contributed by atoms with Gasteiger partial charge in [-0.05, 0) is 48.6 Å². The molecule has 0 radical (unpaired) electrons. The number of hydrogen-bond donors (Lipinski definition) is 7. The number of aliphatic hydroxyl groups excluding tert-OH is 1. The molecule has 274 valence electrons. The van der Waals surface area contributed by atoms with Crippen molar-refractivity contribution in [1.29, 1.82) is 0 Å². The van der Waals surface area contributed by atoms with Gasteiger partial charge in [-0.15, -0.1) is 0 Å². The molecule has 0 unspecified atom stereocenters. The number of aliphatic imine (C=N–C) groups is 1. The number of aromatic nitrogens is 1. The lowest BCUT2D eigenvalue weighted by Gasteiger charge is -2.27. The molecule has 19 heteroatoms. The van der Waals surface area contributed by atoms with Gasteiger partial charge in [0.2, 0.25) is 0 Å². The zero-order valence-electron chi connectivity index (χ0n) is 27.3. The van der Waals surface area contributed by atoms with Gasteiger partial charge in [0.1, 0.15) is 0 Å². The topological polar surface area (TPSA) is 265 Å². The number of carboxylic acids is 5. The van der Waals surface area contributed by atoms with Crippen LogP contribution in [0.15, 0.2) is 41.4 Å². The van der Waals surface area contributed by atoms with Crippen LogP contribution >= 0.6 is 12.2 Å². The highest BCUT2D eigenvalue weighted by atomic mass is 32.1. The average molecular weight is 731 g/mol. The fourth-order valence-corrected chi connectivity index (χ4v) is 4.89. The second kappa shape index (κ2) is 21.8. The fourth-order valence-electron chi connectivity index (χ4n) is 4.79. The van der Waals surface area contributed by atoms with E-state index in [1.807, 2.05) is 0 Å². The summed E-state index contributed by atoms with van der Waals surface area (Å²) in [4.78, 5) is 70.5. The quantitative estimate of drug-likeness (QED) is 0.0318. The van der Waals surface area contributed by atoms with Crippen molar-refractivity contribution in [3.8, 4) is 11.8 Å². The van der Waals surface area contributed by atoms with Crippen LogP contribution in [0.2, 0.25) is 0 Å². The number of rotatable bonds is 23. The molecule has 0 fully saturated rings. The lowest BCUT2D eigenvalue weighted by atomic mass is 10.1. The molecule has 0 spiro atoms. The van der Waals surface area contributed by atoms with E-state index in [9.17, 15) is 59.7 Å². The second-order valence-corrected chi connectivity index (χ2v) is 11.3. The highest BCUT2D eigenvalue weighted by Gasteiger charge is 2.20. The molecule has 0 atom stereocenters. The number of nitrogens with zero attached hydrogens (tertiary/aromatic N) is 6. The Morgan fingerprint density at radius 3 is 1.45 bits per heavy atom. The van der Waals surface area contributed by atoms with Gasteiger partial charge < -0.3 is 35.7 Å². The van der Waals surface area contributed by atoms with Crippen molar-refractivity contribution >= 4 is 52.9 Å². The third-order valence-electron chi connectivity index (χ3n) is 6.78. The monoisotopic (exact) mass is 730 g/mol. The summed E-state index contributed by atoms with van der Waals surface area (Å²) in [6.07, 6.45) is -1.81. The molecule has 7 N–H and O–H groups in total. The Labute approximate surface area is 297 Å². The first-order valence-corrected chi connectivity index (χ1v) is 15.6. The van der Waals surface area contributed by atoms with Gasteiger partial charge in [0.05, 0.1) is 55.0 Å². The predicted octanol–water partition coefficient (Wildman–Crippen LogP) is -0.843. The van der Waals surface area contributed by atoms with Crippen molar-refractivity contribution < 1.29 is 59.7 Å². The lowest BCUT2D eigenvalue weighted by molar-refractivity contribution is -0.144. The highest BCUT2D eigenvalue weighted by Crippen LogP contribution is 2.14. The van der Waals surface area contributed by atoms with Crippen LogP contribution < -0.4 is 0 Å². The first kappa shape index (κ1) is 42.0. The molecular formula is C32H38N6O12S. The van der Waals surface area contributed by atoms with E-state index in [4.69, 9.17) is 0 Å². The van der Waals surface area contributed by atoms with E-state index < -0.39 is 68.9 Å². The molecule has 1 aromatic heterocycles. The maximum Gasteiger partial charge on any atom is 0.317 e. The SMILES string of the molecule is O=C(O)CN(CCN(CC(=O)O)Cc1cc(C#Cc2ccc(N=C=S)cc2)cc(CN(CCN(CC(=O)O)CC(=O)O)CC(O)O)n1)CC(=O)O. The summed E-state index contributed by atoms with van der Waals surface area (Å²) in [6, 6.07) is 10.0. The summed E-state index contributed by atoms with van der Waals surface area (Å²) in [5.74, 6) is -0.185. The molecule has 1 aromatic carbocycles. The molecule has 0 saturated heterocycles. The van der Waals surface area contributed by atoms with Crippen molar-refractivity contribution in [2.24, 2.45) is 4.99 Å². The van der Waals surface area contributed by atoms with Crippen LogP contribution in [0.5, 0.6) is 0 Å². The van der Waals surface area contributed by atoms with E-state index in [0.29, 0.717) is 28.2 Å². The number of aliphatic carboxylic acids is 5. The molecule has 0 bridgehead atoms. The Bertz CT molecular complexity index is 1610. The third-order valence-corrected chi connectivity index (χ3v) is 6.87. The summed E-state index contributed by atoms with van der Waals surface area (Å²) in [6.45, 7) is -3.40. The Morgan fingerprint density at radius 2 is 1.02 bits per heavy atom. The zero-order chi connectivity index (χ0) is 37.9. The van der Waals surface area contributed by atoms with Gasteiger partial charge >= 0.3 is 29.8 Å². The maximum atomic E-state index is 11.7. The van der Waals surface area contributed by atoms with Crippen LogP contribution in [-0.4, -0.2) is 167 Å². The lowest BCUT2D eigenvalue weighted by Crippen LogP contribution is -2.42. The van der Waals surface area contributed by atoms with Crippen LogP contribution in [0.25, 0.3) is 0 Å². The van der Waals surface area contributed by atoms with Crippen molar-refractivity contribution in [3.63, 3.8) is 0 Å². The predicted molar refractivity (Wildman–Crippen MR) is 181 cm³/mol. The molecule has 51 heavy (non-hydrogen) atoms. The molecule has 0 aliphatic rings. The van der Waals surface area contributed by atoms with Crippen molar-refractivity contribution in [1.82, 2.24) is 24.6 Å². The number of isothiocyanates is 1. The molecule has 0 aliphatic heterocycles. The van der Waals surface area contributed by atoms with E-state index in [2.05, 4.69) is 39.2 Å². The molecular weight excluding hydrogens is 692 g/mol. The molecule has 0 saturated carbocycles. The van der Waals surface area contributed by atoms with E-state index in [-0.39, 0.29) is 45.8 Å². The molecule has 2 aromatic rings. The number of carboxylic acid groups (broad SMARTS) is 5. The largest absolute Gasteiger partial charge is 0.480 e. The number of aliphatic hydroxyl groups is 2. The first-order chi connectivity index (χ1) is 24.1. The smallest absolute Gasteiger partial charge is 0.317 e. The Morgan fingerprint density at radius 1 is 0.627 bits per heavy atom. The number of hydrogen-bond acceptors (Lipinski definition) is 14. The summed E-state index contributed by atoms with van der Waals surface area (Å²) < 4.78 is 0. The Hall–Kier alpha value is -5.16. The van der Waals surface area contributed by atoms with Crippen LogP contribution in [0.3, 0.4) is 0 Å². The molecule has 2 rings (SSSR count). The van der Waals surface area contributed by atoms with Crippen LogP contribution in [-0.2, 0) is 37.1 Å². The normalized spacial score (nSPS) is 11.0. The molecule has 18 nitrogen and oxygen atoms in total. The third kappa shape index (κ3) is 18.4. The minimum absolute atomic E-state index is 0.00970. The van der Waals surface area contributed by atoms with Gasteiger partial charge in [-0.2, -0.15) is 4.99 Å². The summed E-state index contributed by atoms with van der Waals surface area (Å²) in [5, 5.41) is 68.1. The van der Waals surface area contributed by atoms with E-state index in [1.165, 1.54) is 9.80 Å². The Kier molecular flexibility index (Phi) is 18.0. The van der Waals surface area contributed by atoms with Crippen molar-refractivity contribution in [2.45, 2.75) is 19.4 Å². The number of benzene rings is 1. The van der Waals surface area contributed by atoms with Gasteiger partial charge in [-0.3, -0.25) is 48.6 Å². The van der Waals surface area contributed by atoms with Gasteiger partial charge in [-0.1, -0.05) is 11.8 Å². The number of thiocarbonyl (C=S) groups is 1. The van der Waals surface area contributed by atoms with Crippen molar-refractivity contribution in [3.05, 3.63) is 58.9 Å².